The number of carbonyl (C=O) groups is 2. The number of esters is 1. The molecule has 0 fully saturated rings. The van der Waals surface area contributed by atoms with Gasteiger partial charge in [-0.3, -0.25) is 9.59 Å². The van der Waals surface area contributed by atoms with Crippen LogP contribution in [-0.2, 0) is 14.3 Å². The number of hydrogen-bond acceptors (Lipinski definition) is 3. The Morgan fingerprint density at radius 2 is 2.12 bits per heavy atom. The standard InChI is InChI=1S/C13H22O3Si/c1-10-6-5-7-11(14)12(10)13(15)16-8-9-17(2,3)4/h5,7,10,12H,6,8-9H2,1-4H3/t10-,12?/m1/s1. The number of ketones is 1. The van der Waals surface area contributed by atoms with E-state index in [9.17, 15) is 9.59 Å². The molecule has 0 aromatic heterocycles. The monoisotopic (exact) mass is 254 g/mol. The lowest BCUT2D eigenvalue weighted by molar-refractivity contribution is -0.152. The molecule has 0 heterocycles. The van der Waals surface area contributed by atoms with Crippen molar-refractivity contribution in [3.63, 3.8) is 0 Å². The molecule has 1 rings (SSSR count). The van der Waals surface area contributed by atoms with Crippen LogP contribution < -0.4 is 0 Å². The lowest BCUT2D eigenvalue weighted by Gasteiger charge is -2.23. The van der Waals surface area contributed by atoms with Crippen molar-refractivity contribution < 1.29 is 14.3 Å². The predicted molar refractivity (Wildman–Crippen MR) is 70.5 cm³/mol. The first kappa shape index (κ1) is 14.2. The maximum absolute atomic E-state index is 11.8. The number of hydrogen-bond donors (Lipinski definition) is 0. The third-order valence-corrected chi connectivity index (χ3v) is 4.72. The van der Waals surface area contributed by atoms with Gasteiger partial charge in [0.25, 0.3) is 0 Å². The van der Waals surface area contributed by atoms with E-state index >= 15 is 0 Å². The first-order chi connectivity index (χ1) is 7.81. The molecule has 0 aromatic carbocycles. The fourth-order valence-electron chi connectivity index (χ4n) is 1.82. The number of carbonyl (C=O) groups excluding carboxylic acids is 2. The van der Waals surface area contributed by atoms with Gasteiger partial charge >= 0.3 is 5.97 Å². The van der Waals surface area contributed by atoms with E-state index < -0.39 is 14.0 Å². The van der Waals surface area contributed by atoms with Crippen LogP contribution in [-0.4, -0.2) is 26.4 Å². The minimum absolute atomic E-state index is 0.0619. The van der Waals surface area contributed by atoms with Crippen molar-refractivity contribution in [1.82, 2.24) is 0 Å². The molecule has 3 nitrogen and oxygen atoms in total. The average molecular weight is 254 g/mol. The Kier molecular flexibility index (Phi) is 4.68. The first-order valence-electron chi connectivity index (χ1n) is 6.18. The van der Waals surface area contributed by atoms with Gasteiger partial charge in [0.2, 0.25) is 0 Å². The summed E-state index contributed by atoms with van der Waals surface area (Å²) in [5.74, 6) is -0.972. The Morgan fingerprint density at radius 3 is 2.65 bits per heavy atom. The van der Waals surface area contributed by atoms with Gasteiger partial charge in [0.1, 0.15) is 5.92 Å². The zero-order chi connectivity index (χ0) is 13.1. The summed E-state index contributed by atoms with van der Waals surface area (Å²) in [6, 6.07) is 0.948. The van der Waals surface area contributed by atoms with Crippen molar-refractivity contribution in [3.8, 4) is 0 Å². The van der Waals surface area contributed by atoms with Crippen molar-refractivity contribution >= 4 is 19.8 Å². The van der Waals surface area contributed by atoms with Crippen molar-refractivity contribution in [2.24, 2.45) is 11.8 Å². The van der Waals surface area contributed by atoms with Gasteiger partial charge in [-0.2, -0.15) is 0 Å². The summed E-state index contributed by atoms with van der Waals surface area (Å²) in [4.78, 5) is 23.5. The average Bonchev–Trinajstić information content (AvgIpc) is 2.15. The van der Waals surface area contributed by atoms with Crippen LogP contribution in [0.15, 0.2) is 12.2 Å². The summed E-state index contributed by atoms with van der Waals surface area (Å²) in [5, 5.41) is 0. The highest BCUT2D eigenvalue weighted by molar-refractivity contribution is 6.76. The highest BCUT2D eigenvalue weighted by Gasteiger charge is 2.33. The highest BCUT2D eigenvalue weighted by atomic mass is 28.3. The first-order valence-corrected chi connectivity index (χ1v) is 9.89. The fraction of sp³-hybridized carbons (Fsp3) is 0.692. The second kappa shape index (κ2) is 5.62. The van der Waals surface area contributed by atoms with Crippen LogP contribution in [0.2, 0.25) is 25.7 Å². The van der Waals surface area contributed by atoms with Crippen molar-refractivity contribution in [2.45, 2.75) is 39.0 Å². The van der Waals surface area contributed by atoms with Gasteiger partial charge in [-0.15, -0.1) is 0 Å². The second-order valence-electron chi connectivity index (χ2n) is 5.97. The lowest BCUT2D eigenvalue weighted by Crippen LogP contribution is -2.33. The van der Waals surface area contributed by atoms with Gasteiger partial charge in [0.05, 0.1) is 6.61 Å². The third kappa shape index (κ3) is 4.46. The molecule has 96 valence electrons. The zero-order valence-corrected chi connectivity index (χ0v) is 12.2. The molecule has 17 heavy (non-hydrogen) atoms. The van der Waals surface area contributed by atoms with Gasteiger partial charge in [-0.1, -0.05) is 32.6 Å². The van der Waals surface area contributed by atoms with Crippen LogP contribution in [0.4, 0.5) is 0 Å². The second-order valence-corrected chi connectivity index (χ2v) is 11.6. The molecular formula is C13H22O3Si. The molecule has 0 saturated heterocycles. The van der Waals surface area contributed by atoms with Crippen LogP contribution in [0.3, 0.4) is 0 Å². The number of allylic oxidation sites excluding steroid dienone is 2. The fourth-order valence-corrected chi connectivity index (χ4v) is 2.53. The van der Waals surface area contributed by atoms with Crippen molar-refractivity contribution in [3.05, 3.63) is 12.2 Å². The molecule has 1 unspecified atom stereocenters. The van der Waals surface area contributed by atoms with Gasteiger partial charge in [0, 0.05) is 8.07 Å². The molecule has 2 atom stereocenters. The minimum Gasteiger partial charge on any atom is -0.465 e. The molecular weight excluding hydrogens is 232 g/mol. The summed E-state index contributed by atoms with van der Waals surface area (Å²) in [7, 11) is -1.18. The summed E-state index contributed by atoms with van der Waals surface area (Å²) < 4.78 is 5.24. The lowest BCUT2D eigenvalue weighted by atomic mass is 9.83. The predicted octanol–water partition coefficient (Wildman–Crippen LogP) is 2.65. The molecule has 0 spiro atoms. The van der Waals surface area contributed by atoms with Crippen LogP contribution in [0.5, 0.6) is 0 Å². The van der Waals surface area contributed by atoms with Crippen molar-refractivity contribution in [1.29, 1.82) is 0 Å². The quantitative estimate of drug-likeness (QED) is 0.440. The smallest absolute Gasteiger partial charge is 0.317 e. The Labute approximate surface area is 104 Å². The number of ether oxygens (including phenoxy) is 1. The van der Waals surface area contributed by atoms with Crippen LogP contribution in [0.25, 0.3) is 0 Å². The molecule has 0 aromatic rings. The number of rotatable bonds is 4. The molecule has 0 aliphatic heterocycles. The third-order valence-electron chi connectivity index (χ3n) is 3.02. The minimum atomic E-state index is -1.18. The molecule has 1 aliphatic rings. The summed E-state index contributed by atoms with van der Waals surface area (Å²) in [5.41, 5.74) is 0. The molecule has 0 bridgehead atoms. The molecule has 0 amide bonds. The Balaban J connectivity index is 2.47. The maximum Gasteiger partial charge on any atom is 0.317 e. The van der Waals surface area contributed by atoms with Gasteiger partial charge in [-0.25, -0.2) is 0 Å². The van der Waals surface area contributed by atoms with E-state index in [1.807, 2.05) is 13.0 Å². The van der Waals surface area contributed by atoms with E-state index in [0.717, 1.165) is 12.5 Å². The van der Waals surface area contributed by atoms with Gasteiger partial charge < -0.3 is 4.74 Å². The summed E-state index contributed by atoms with van der Waals surface area (Å²) >= 11 is 0. The Morgan fingerprint density at radius 1 is 1.47 bits per heavy atom. The Bertz CT molecular complexity index is 328. The SMILES string of the molecule is C[C@@H]1CC=CC(=O)C1C(=O)OCC[Si](C)(C)C. The highest BCUT2D eigenvalue weighted by Crippen LogP contribution is 2.24. The van der Waals surface area contributed by atoms with E-state index in [1.54, 1.807) is 0 Å². The molecule has 0 radical (unpaired) electrons. The largest absolute Gasteiger partial charge is 0.465 e. The maximum atomic E-state index is 11.8. The molecule has 0 saturated carbocycles. The van der Waals surface area contributed by atoms with E-state index in [-0.39, 0.29) is 17.7 Å². The van der Waals surface area contributed by atoms with E-state index in [4.69, 9.17) is 4.74 Å². The van der Waals surface area contributed by atoms with E-state index in [2.05, 4.69) is 19.6 Å². The van der Waals surface area contributed by atoms with Crippen LogP contribution in [0, 0.1) is 11.8 Å². The van der Waals surface area contributed by atoms with Crippen molar-refractivity contribution in [2.75, 3.05) is 6.61 Å². The normalized spacial score (nSPS) is 24.8. The summed E-state index contributed by atoms with van der Waals surface area (Å²) in [6.45, 7) is 9.08. The topological polar surface area (TPSA) is 43.4 Å². The molecule has 0 N–H and O–H groups in total. The van der Waals surface area contributed by atoms with Gasteiger partial charge in [0.15, 0.2) is 5.78 Å². The molecule has 1 aliphatic carbocycles. The zero-order valence-electron chi connectivity index (χ0n) is 11.2. The molecule has 4 heteroatoms. The summed E-state index contributed by atoms with van der Waals surface area (Å²) in [6.07, 6.45) is 4.11. The Hall–Kier alpha value is -0.903. The van der Waals surface area contributed by atoms with E-state index in [0.29, 0.717) is 6.61 Å². The van der Waals surface area contributed by atoms with Crippen LogP contribution >= 0.6 is 0 Å². The van der Waals surface area contributed by atoms with Crippen LogP contribution in [0.1, 0.15) is 13.3 Å². The van der Waals surface area contributed by atoms with E-state index in [1.165, 1.54) is 6.08 Å². The van der Waals surface area contributed by atoms with Gasteiger partial charge in [-0.05, 0) is 24.5 Å².